The molecule has 0 saturated carbocycles. The van der Waals surface area contributed by atoms with Gasteiger partial charge in [0, 0.05) is 11.8 Å². The van der Waals surface area contributed by atoms with E-state index in [4.69, 9.17) is 4.52 Å². The van der Waals surface area contributed by atoms with Crippen LogP contribution in [0, 0.1) is 0 Å². The highest BCUT2D eigenvalue weighted by atomic mass is 16.5. The van der Waals surface area contributed by atoms with Crippen LogP contribution < -0.4 is 0 Å². The van der Waals surface area contributed by atoms with Gasteiger partial charge in [0.25, 0.3) is 5.71 Å². The predicted octanol–water partition coefficient (Wildman–Crippen LogP) is 2.59. The van der Waals surface area contributed by atoms with Gasteiger partial charge < -0.3 is 9.63 Å². The molecule has 0 aliphatic rings. The average molecular weight is 240 g/mol. The fourth-order valence-electron chi connectivity index (χ4n) is 1.85. The number of benzene rings is 1. The van der Waals surface area contributed by atoms with Crippen LogP contribution in [0.5, 0.6) is 0 Å². The topological polar surface area (TPSA) is 76.2 Å². The molecule has 0 radical (unpaired) electrons. The lowest BCUT2D eigenvalue weighted by atomic mass is 10.1. The van der Waals surface area contributed by atoms with Crippen molar-refractivity contribution in [2.45, 2.75) is 0 Å². The van der Waals surface area contributed by atoms with Gasteiger partial charge in [-0.25, -0.2) is 9.78 Å². The van der Waals surface area contributed by atoms with E-state index >= 15 is 0 Å². The first kappa shape index (κ1) is 10.5. The molecule has 1 aromatic carbocycles. The lowest BCUT2D eigenvalue weighted by molar-refractivity contribution is 0.0699. The number of hydrogen-bond donors (Lipinski definition) is 1. The summed E-state index contributed by atoms with van der Waals surface area (Å²) in [5, 5.41) is 13.5. The van der Waals surface area contributed by atoms with Crippen molar-refractivity contribution in [3.05, 3.63) is 48.2 Å². The Labute approximate surface area is 102 Å². The van der Waals surface area contributed by atoms with Gasteiger partial charge >= 0.3 is 5.97 Å². The molecule has 0 unspecified atom stereocenters. The Morgan fingerprint density at radius 1 is 1.17 bits per heavy atom. The highest BCUT2D eigenvalue weighted by Gasteiger charge is 2.18. The van der Waals surface area contributed by atoms with Crippen LogP contribution in [0.25, 0.3) is 22.4 Å². The monoisotopic (exact) mass is 240 g/mol. The zero-order valence-electron chi connectivity index (χ0n) is 9.20. The average Bonchev–Trinajstić information content (AvgIpc) is 2.83. The Balaban J connectivity index is 2.35. The number of nitrogens with zero attached hydrogens (tertiary/aromatic N) is 2. The maximum absolute atomic E-state index is 11.2. The minimum atomic E-state index is -1.03. The van der Waals surface area contributed by atoms with Crippen molar-refractivity contribution >= 4 is 17.1 Å². The molecule has 5 nitrogen and oxygen atoms in total. The highest BCUT2D eigenvalue weighted by molar-refractivity contribution is 6.06. The fourth-order valence-corrected chi connectivity index (χ4v) is 1.85. The molecule has 88 valence electrons. The molecule has 0 saturated heterocycles. The fraction of sp³-hybridized carbons (Fsp3) is 0. The summed E-state index contributed by atoms with van der Waals surface area (Å²) in [7, 11) is 0. The SMILES string of the molecule is O=C(O)c1ccnc2onc(-c3ccccc3)c12. The van der Waals surface area contributed by atoms with Crippen LogP contribution >= 0.6 is 0 Å². The molecule has 5 heteroatoms. The second kappa shape index (κ2) is 3.96. The third-order valence-corrected chi connectivity index (χ3v) is 2.65. The third-order valence-electron chi connectivity index (χ3n) is 2.65. The lowest BCUT2D eigenvalue weighted by Crippen LogP contribution is -1.97. The Morgan fingerprint density at radius 3 is 2.67 bits per heavy atom. The van der Waals surface area contributed by atoms with Gasteiger partial charge in [-0.1, -0.05) is 35.5 Å². The van der Waals surface area contributed by atoms with Gasteiger partial charge in [0.2, 0.25) is 0 Å². The summed E-state index contributed by atoms with van der Waals surface area (Å²) in [4.78, 5) is 15.2. The van der Waals surface area contributed by atoms with Gasteiger partial charge in [-0.05, 0) is 6.07 Å². The Hall–Kier alpha value is -2.69. The summed E-state index contributed by atoms with van der Waals surface area (Å²) in [6.07, 6.45) is 1.39. The molecule has 1 N–H and O–H groups in total. The van der Waals surface area contributed by atoms with E-state index in [9.17, 15) is 9.90 Å². The maximum atomic E-state index is 11.2. The van der Waals surface area contributed by atoms with E-state index < -0.39 is 5.97 Å². The van der Waals surface area contributed by atoms with E-state index in [1.807, 2.05) is 30.3 Å². The zero-order chi connectivity index (χ0) is 12.5. The van der Waals surface area contributed by atoms with Crippen LogP contribution in [0.4, 0.5) is 0 Å². The number of carboxylic acids is 1. The second-order valence-electron chi connectivity index (χ2n) is 3.74. The second-order valence-corrected chi connectivity index (χ2v) is 3.74. The molecule has 0 fully saturated rings. The van der Waals surface area contributed by atoms with Crippen LogP contribution in [-0.2, 0) is 0 Å². The van der Waals surface area contributed by atoms with E-state index in [1.54, 1.807) is 0 Å². The molecule has 2 heterocycles. The van der Waals surface area contributed by atoms with Gasteiger partial charge in [0.05, 0.1) is 10.9 Å². The highest BCUT2D eigenvalue weighted by Crippen LogP contribution is 2.29. The molecule has 0 atom stereocenters. The van der Waals surface area contributed by atoms with Gasteiger partial charge in [-0.2, -0.15) is 0 Å². The van der Waals surface area contributed by atoms with Crippen LogP contribution in [-0.4, -0.2) is 21.2 Å². The maximum Gasteiger partial charge on any atom is 0.336 e. The van der Waals surface area contributed by atoms with E-state index in [-0.39, 0.29) is 11.3 Å². The van der Waals surface area contributed by atoms with Crippen molar-refractivity contribution in [2.75, 3.05) is 0 Å². The first-order chi connectivity index (χ1) is 8.77. The number of hydrogen-bond acceptors (Lipinski definition) is 4. The molecule has 0 bridgehead atoms. The van der Waals surface area contributed by atoms with Crippen molar-refractivity contribution in [1.82, 2.24) is 10.1 Å². The largest absolute Gasteiger partial charge is 0.478 e. The summed E-state index contributed by atoms with van der Waals surface area (Å²) in [5.74, 6) is -1.03. The molecule has 18 heavy (non-hydrogen) atoms. The van der Waals surface area contributed by atoms with Crippen molar-refractivity contribution in [3.63, 3.8) is 0 Å². The molecule has 0 aliphatic heterocycles. The van der Waals surface area contributed by atoms with Gasteiger partial charge in [-0.3, -0.25) is 0 Å². The first-order valence-electron chi connectivity index (χ1n) is 5.30. The van der Waals surface area contributed by atoms with Crippen molar-refractivity contribution in [3.8, 4) is 11.3 Å². The van der Waals surface area contributed by atoms with Crippen molar-refractivity contribution in [2.24, 2.45) is 0 Å². The third kappa shape index (κ3) is 1.53. The van der Waals surface area contributed by atoms with Crippen molar-refractivity contribution in [1.29, 1.82) is 0 Å². The molecule has 3 rings (SSSR count). The Bertz CT molecular complexity index is 719. The summed E-state index contributed by atoms with van der Waals surface area (Å²) < 4.78 is 5.07. The number of pyridine rings is 1. The van der Waals surface area contributed by atoms with Gasteiger partial charge in [0.15, 0.2) is 0 Å². The molecule has 3 aromatic rings. The smallest absolute Gasteiger partial charge is 0.336 e. The predicted molar refractivity (Wildman–Crippen MR) is 64.2 cm³/mol. The molecular formula is C13H8N2O3. The summed E-state index contributed by atoms with van der Waals surface area (Å²) in [6, 6.07) is 10.7. The quantitative estimate of drug-likeness (QED) is 0.745. The molecule has 0 spiro atoms. The summed E-state index contributed by atoms with van der Waals surface area (Å²) >= 11 is 0. The minimum Gasteiger partial charge on any atom is -0.478 e. The molecule has 0 amide bonds. The van der Waals surface area contributed by atoms with E-state index in [0.717, 1.165) is 5.56 Å². The van der Waals surface area contributed by atoms with Crippen LogP contribution in [0.1, 0.15) is 10.4 Å². The number of carbonyl (C=O) groups is 1. The number of rotatable bonds is 2. The number of fused-ring (bicyclic) bond motifs is 1. The lowest BCUT2D eigenvalue weighted by Gasteiger charge is -1.98. The Morgan fingerprint density at radius 2 is 1.94 bits per heavy atom. The van der Waals surface area contributed by atoms with Gasteiger partial charge in [-0.15, -0.1) is 0 Å². The standard InChI is InChI=1S/C13H8N2O3/c16-13(17)9-6-7-14-12-10(9)11(15-18-12)8-4-2-1-3-5-8/h1-7H,(H,16,17). The van der Waals surface area contributed by atoms with Crippen molar-refractivity contribution < 1.29 is 14.4 Å². The number of aromatic carboxylic acids is 1. The van der Waals surface area contributed by atoms with E-state index in [0.29, 0.717) is 11.1 Å². The zero-order valence-corrected chi connectivity index (χ0v) is 9.20. The van der Waals surface area contributed by atoms with E-state index in [2.05, 4.69) is 10.1 Å². The Kier molecular flexibility index (Phi) is 2.30. The minimum absolute atomic E-state index is 0.139. The summed E-state index contributed by atoms with van der Waals surface area (Å²) in [6.45, 7) is 0. The van der Waals surface area contributed by atoms with Crippen LogP contribution in [0.3, 0.4) is 0 Å². The normalized spacial score (nSPS) is 10.7. The molecule has 0 aliphatic carbocycles. The number of aromatic nitrogens is 2. The molecule has 2 aromatic heterocycles. The number of carboxylic acid groups (broad SMARTS) is 1. The van der Waals surface area contributed by atoms with Crippen LogP contribution in [0.15, 0.2) is 47.1 Å². The summed E-state index contributed by atoms with van der Waals surface area (Å²) in [5.41, 5.74) is 1.66. The first-order valence-corrected chi connectivity index (χ1v) is 5.30. The van der Waals surface area contributed by atoms with Crippen LogP contribution in [0.2, 0.25) is 0 Å². The van der Waals surface area contributed by atoms with E-state index in [1.165, 1.54) is 12.3 Å². The van der Waals surface area contributed by atoms with Gasteiger partial charge in [0.1, 0.15) is 5.69 Å². The molecular weight excluding hydrogens is 232 g/mol.